The molecule has 8 heteroatoms. The average Bonchev–Trinajstić information content (AvgIpc) is 2.14. The topological polar surface area (TPSA) is 8.81 Å². The van der Waals surface area contributed by atoms with Crippen LogP contribution in [0.2, 0.25) is 0 Å². The maximum Gasteiger partial charge on any atom is 0.243 e. The lowest BCUT2D eigenvalue weighted by atomic mass is 10.7. The van der Waals surface area contributed by atoms with Crippen molar-refractivity contribution in [3.8, 4) is 0 Å². The van der Waals surface area contributed by atoms with Crippen LogP contribution in [0.5, 0.6) is 0 Å². The summed E-state index contributed by atoms with van der Waals surface area (Å²) in [4.78, 5) is 0. The van der Waals surface area contributed by atoms with E-state index in [0.717, 1.165) is 6.54 Å². The van der Waals surface area contributed by atoms with Crippen molar-refractivity contribution in [2.45, 2.75) is 13.5 Å². The number of hydrogen-bond donors (Lipinski definition) is 0. The number of nitrogens with zero attached hydrogens (tertiary/aromatic N) is 2. The molecule has 0 aliphatic rings. The molecule has 0 aliphatic heterocycles. The van der Waals surface area contributed by atoms with Crippen LogP contribution in [0.4, 0.5) is 28.2 Å². The van der Waals surface area contributed by atoms with Gasteiger partial charge in [-0.15, -0.1) is 0 Å². The van der Waals surface area contributed by atoms with Gasteiger partial charge in [0.05, 0.1) is 13.6 Å². The Morgan fingerprint density at radius 1 is 1.00 bits per heavy atom. The van der Waals surface area contributed by atoms with Crippen LogP contribution in [0, 0.1) is 0 Å². The van der Waals surface area contributed by atoms with E-state index in [1.165, 1.54) is 0 Å². The molecule has 0 amide bonds. The maximum absolute atomic E-state index is 2.12. The van der Waals surface area contributed by atoms with Crippen molar-refractivity contribution in [3.05, 3.63) is 18.7 Å². The molecule has 0 spiro atoms. The van der Waals surface area contributed by atoms with Gasteiger partial charge in [-0.3, -0.25) is 28.2 Å². The standard InChI is InChI=1S/C6H11N2.6FH/c1-3-8-5-4-7(2)6-8;;;;;;/h4-6H,3H2,1-2H3;6*1H/q+1;;;;;;. The summed E-state index contributed by atoms with van der Waals surface area (Å²) in [6, 6.07) is 0. The van der Waals surface area contributed by atoms with E-state index in [1.54, 1.807) is 0 Å². The molecule has 2 nitrogen and oxygen atoms in total. The van der Waals surface area contributed by atoms with Gasteiger partial charge in [-0.05, 0) is 6.92 Å². The molecule has 0 atom stereocenters. The van der Waals surface area contributed by atoms with Crippen LogP contribution in [0.3, 0.4) is 0 Å². The number of imidazole rings is 1. The SMILES string of the molecule is CCn1cc[n+](C)c1.F.F.F.F.F.F. The van der Waals surface area contributed by atoms with Crippen molar-refractivity contribution in [1.29, 1.82) is 0 Å². The van der Waals surface area contributed by atoms with Gasteiger partial charge >= 0.3 is 0 Å². The number of aryl methyl sites for hydroxylation is 2. The predicted octanol–water partition coefficient (Wildman–Crippen LogP) is 1.25. The molecule has 0 aromatic carbocycles. The minimum atomic E-state index is 0. The van der Waals surface area contributed by atoms with Crippen molar-refractivity contribution in [2.75, 3.05) is 0 Å². The van der Waals surface area contributed by atoms with Crippen LogP contribution < -0.4 is 4.57 Å². The van der Waals surface area contributed by atoms with Crippen LogP contribution in [0.15, 0.2) is 18.7 Å². The Morgan fingerprint density at radius 2 is 1.43 bits per heavy atom. The highest BCUT2D eigenvalue weighted by atomic mass is 19.0. The van der Waals surface area contributed by atoms with Gasteiger partial charge in [-0.1, -0.05) is 0 Å². The van der Waals surface area contributed by atoms with Gasteiger partial charge in [0.25, 0.3) is 0 Å². The van der Waals surface area contributed by atoms with Gasteiger partial charge in [0.1, 0.15) is 12.4 Å². The molecule has 0 unspecified atom stereocenters. The molecule has 1 heterocycles. The monoisotopic (exact) mass is 231 g/mol. The lowest BCUT2D eigenvalue weighted by Gasteiger charge is -1.81. The average molecular weight is 231 g/mol. The summed E-state index contributed by atoms with van der Waals surface area (Å²) in [5.74, 6) is 0. The summed E-state index contributed by atoms with van der Waals surface area (Å²) in [5, 5.41) is 0. The van der Waals surface area contributed by atoms with E-state index in [-0.39, 0.29) is 28.2 Å². The lowest BCUT2D eigenvalue weighted by molar-refractivity contribution is -0.671. The summed E-state index contributed by atoms with van der Waals surface area (Å²) in [6.45, 7) is 3.18. The molecule has 0 saturated carbocycles. The highest BCUT2D eigenvalue weighted by Gasteiger charge is 1.92. The zero-order chi connectivity index (χ0) is 5.98. The minimum Gasteiger partial charge on any atom is -0.269 e. The normalized spacial score (nSPS) is 5.57. The minimum absolute atomic E-state index is 0. The van der Waals surface area contributed by atoms with Crippen LogP contribution in [0.25, 0.3) is 0 Å². The first-order chi connectivity index (χ1) is 3.83. The van der Waals surface area contributed by atoms with E-state index in [9.17, 15) is 0 Å². The maximum atomic E-state index is 2.12. The molecule has 0 saturated heterocycles. The van der Waals surface area contributed by atoms with E-state index >= 15 is 0 Å². The van der Waals surface area contributed by atoms with E-state index in [0.29, 0.717) is 0 Å². The fourth-order valence-electron chi connectivity index (χ4n) is 0.689. The first-order valence-electron chi connectivity index (χ1n) is 2.84. The molecule has 1 rings (SSSR count). The molecule has 92 valence electrons. The Kier molecular flexibility index (Phi) is 48.9. The first-order valence-corrected chi connectivity index (χ1v) is 2.84. The highest BCUT2D eigenvalue weighted by Crippen LogP contribution is 1.79. The Bertz CT molecular complexity index is 181. The molecule has 0 N–H and O–H groups in total. The fraction of sp³-hybridized carbons (Fsp3) is 0.500. The van der Waals surface area contributed by atoms with E-state index in [4.69, 9.17) is 0 Å². The molecule has 0 radical (unpaired) electrons. The van der Waals surface area contributed by atoms with Crippen LogP contribution in [-0.4, -0.2) is 4.57 Å². The molecule has 1 aromatic rings. The smallest absolute Gasteiger partial charge is 0.243 e. The Morgan fingerprint density at radius 3 is 1.57 bits per heavy atom. The van der Waals surface area contributed by atoms with Crippen molar-refractivity contribution in [2.24, 2.45) is 7.05 Å². The summed E-state index contributed by atoms with van der Waals surface area (Å²) in [5.41, 5.74) is 0. The quantitative estimate of drug-likeness (QED) is 0.508. The number of aromatic nitrogens is 2. The number of halogens is 6. The molecule has 1 aromatic heterocycles. The Labute approximate surface area is 77.7 Å². The second-order valence-corrected chi connectivity index (χ2v) is 1.91. The van der Waals surface area contributed by atoms with Gasteiger partial charge in [0.15, 0.2) is 0 Å². The molecule has 0 aliphatic carbocycles. The van der Waals surface area contributed by atoms with Crippen LogP contribution >= 0.6 is 0 Å². The summed E-state index contributed by atoms with van der Waals surface area (Å²) in [7, 11) is 2.02. The van der Waals surface area contributed by atoms with E-state index < -0.39 is 0 Å². The second kappa shape index (κ2) is 17.8. The fourth-order valence-corrected chi connectivity index (χ4v) is 0.689. The molecule has 0 bridgehead atoms. The van der Waals surface area contributed by atoms with Gasteiger partial charge in [0, 0.05) is 0 Å². The second-order valence-electron chi connectivity index (χ2n) is 1.91. The van der Waals surface area contributed by atoms with Gasteiger partial charge < -0.3 is 0 Å². The van der Waals surface area contributed by atoms with Crippen molar-refractivity contribution in [1.82, 2.24) is 4.57 Å². The third-order valence-electron chi connectivity index (χ3n) is 1.19. The Hall–Kier alpha value is -1.21. The van der Waals surface area contributed by atoms with E-state index in [2.05, 4.69) is 24.0 Å². The van der Waals surface area contributed by atoms with Crippen molar-refractivity contribution in [3.63, 3.8) is 0 Å². The van der Waals surface area contributed by atoms with Crippen molar-refractivity contribution < 1.29 is 32.8 Å². The predicted molar refractivity (Wildman–Crippen MR) is 46.3 cm³/mol. The zero-order valence-electron chi connectivity index (χ0n) is 7.78. The van der Waals surface area contributed by atoms with Gasteiger partial charge in [-0.2, -0.15) is 0 Å². The first kappa shape index (κ1) is 38.6. The highest BCUT2D eigenvalue weighted by molar-refractivity contribution is 4.63. The molecule has 14 heavy (non-hydrogen) atoms. The van der Waals surface area contributed by atoms with Crippen LogP contribution in [-0.2, 0) is 13.6 Å². The van der Waals surface area contributed by atoms with Gasteiger partial charge in [-0.25, -0.2) is 9.13 Å². The number of hydrogen-bond acceptors (Lipinski definition) is 0. The zero-order valence-corrected chi connectivity index (χ0v) is 7.78. The lowest BCUT2D eigenvalue weighted by Crippen LogP contribution is -2.23. The summed E-state index contributed by atoms with van der Waals surface area (Å²) < 4.78 is 4.16. The molecular formula is C6H17F6N2+. The molecule has 0 fully saturated rings. The largest absolute Gasteiger partial charge is 0.269 e. The third kappa shape index (κ3) is 10.8. The summed E-state index contributed by atoms with van der Waals surface area (Å²) in [6.07, 6.45) is 6.14. The Balaban J connectivity index is -0.0000000267. The van der Waals surface area contributed by atoms with Gasteiger partial charge in [0.2, 0.25) is 6.33 Å². The number of rotatable bonds is 1. The van der Waals surface area contributed by atoms with Crippen LogP contribution in [0.1, 0.15) is 6.92 Å². The van der Waals surface area contributed by atoms with E-state index in [1.807, 2.05) is 17.8 Å². The van der Waals surface area contributed by atoms with Crippen molar-refractivity contribution >= 4 is 0 Å². The summed E-state index contributed by atoms with van der Waals surface area (Å²) >= 11 is 0. The third-order valence-corrected chi connectivity index (χ3v) is 1.19. The molecular weight excluding hydrogens is 214 g/mol.